The average molecular weight is 390 g/mol. The SMILES string of the molecule is CCOC(=O)c1cc(CC)sc1NC(=O)CNc1ccc(C(=O)OC)cc1. The van der Waals surface area contributed by atoms with E-state index < -0.39 is 11.9 Å². The Morgan fingerprint density at radius 1 is 1.07 bits per heavy atom. The molecule has 0 aliphatic carbocycles. The predicted octanol–water partition coefficient (Wildman–Crippen LogP) is 3.32. The number of benzene rings is 1. The van der Waals surface area contributed by atoms with Crippen molar-refractivity contribution in [2.75, 3.05) is 30.9 Å². The standard InChI is InChI=1S/C19H22N2O5S/c1-4-14-10-15(19(24)26-5-2)17(27-14)21-16(22)11-20-13-8-6-12(7-9-13)18(23)25-3/h6-10,20H,4-5,11H2,1-3H3,(H,21,22). The van der Waals surface area contributed by atoms with Crippen LogP contribution in [0, 0.1) is 0 Å². The third kappa shape index (κ3) is 5.55. The van der Waals surface area contributed by atoms with Crippen molar-refractivity contribution in [3.8, 4) is 0 Å². The maximum Gasteiger partial charge on any atom is 0.341 e. The van der Waals surface area contributed by atoms with E-state index in [2.05, 4.69) is 15.4 Å². The summed E-state index contributed by atoms with van der Waals surface area (Å²) in [4.78, 5) is 36.7. The van der Waals surface area contributed by atoms with Gasteiger partial charge in [-0.3, -0.25) is 4.79 Å². The number of methoxy groups -OCH3 is 1. The minimum Gasteiger partial charge on any atom is -0.465 e. The third-order valence-electron chi connectivity index (χ3n) is 3.64. The first-order valence-electron chi connectivity index (χ1n) is 8.50. The van der Waals surface area contributed by atoms with Crippen LogP contribution in [0.25, 0.3) is 0 Å². The fourth-order valence-electron chi connectivity index (χ4n) is 2.26. The third-order valence-corrected chi connectivity index (χ3v) is 4.83. The lowest BCUT2D eigenvalue weighted by molar-refractivity contribution is -0.114. The van der Waals surface area contributed by atoms with Gasteiger partial charge in [-0.1, -0.05) is 6.92 Å². The highest BCUT2D eigenvalue weighted by atomic mass is 32.1. The minimum absolute atomic E-state index is 0.0131. The molecule has 1 aromatic carbocycles. The van der Waals surface area contributed by atoms with Crippen molar-refractivity contribution in [3.63, 3.8) is 0 Å². The topological polar surface area (TPSA) is 93.7 Å². The van der Waals surface area contributed by atoms with Gasteiger partial charge in [0.15, 0.2) is 0 Å². The quantitative estimate of drug-likeness (QED) is 0.672. The van der Waals surface area contributed by atoms with Crippen molar-refractivity contribution in [2.45, 2.75) is 20.3 Å². The highest BCUT2D eigenvalue weighted by Gasteiger charge is 2.18. The van der Waals surface area contributed by atoms with Crippen molar-refractivity contribution in [2.24, 2.45) is 0 Å². The van der Waals surface area contributed by atoms with Crippen LogP contribution in [0.1, 0.15) is 39.4 Å². The lowest BCUT2D eigenvalue weighted by Crippen LogP contribution is -2.22. The van der Waals surface area contributed by atoms with Crippen molar-refractivity contribution < 1.29 is 23.9 Å². The van der Waals surface area contributed by atoms with Gasteiger partial charge >= 0.3 is 11.9 Å². The second-order valence-electron chi connectivity index (χ2n) is 5.50. The molecule has 8 heteroatoms. The Morgan fingerprint density at radius 3 is 2.37 bits per heavy atom. The van der Waals surface area contributed by atoms with Gasteiger partial charge in [-0.25, -0.2) is 9.59 Å². The second kappa shape index (κ2) is 9.72. The smallest absolute Gasteiger partial charge is 0.341 e. The molecule has 27 heavy (non-hydrogen) atoms. The van der Waals surface area contributed by atoms with Gasteiger partial charge in [-0.2, -0.15) is 0 Å². The van der Waals surface area contributed by atoms with Crippen LogP contribution in [-0.4, -0.2) is 38.1 Å². The molecule has 0 bridgehead atoms. The summed E-state index contributed by atoms with van der Waals surface area (Å²) in [5.74, 6) is -1.16. The Morgan fingerprint density at radius 2 is 1.78 bits per heavy atom. The molecule has 0 unspecified atom stereocenters. The fourth-order valence-corrected chi connectivity index (χ4v) is 3.27. The maximum absolute atomic E-state index is 12.2. The van der Waals surface area contributed by atoms with Gasteiger partial charge in [0.1, 0.15) is 5.00 Å². The van der Waals surface area contributed by atoms with Crippen LogP contribution in [0.5, 0.6) is 0 Å². The molecule has 1 amide bonds. The Bertz CT molecular complexity index is 814. The predicted molar refractivity (Wildman–Crippen MR) is 105 cm³/mol. The van der Waals surface area contributed by atoms with E-state index in [1.54, 1.807) is 37.3 Å². The molecular formula is C19H22N2O5S. The molecule has 0 saturated carbocycles. The van der Waals surface area contributed by atoms with Crippen LogP contribution in [0.15, 0.2) is 30.3 Å². The molecule has 7 nitrogen and oxygen atoms in total. The molecule has 0 fully saturated rings. The lowest BCUT2D eigenvalue weighted by Gasteiger charge is -2.08. The molecule has 0 radical (unpaired) electrons. The lowest BCUT2D eigenvalue weighted by atomic mass is 10.2. The van der Waals surface area contributed by atoms with E-state index in [0.29, 0.717) is 21.8 Å². The number of hydrogen-bond acceptors (Lipinski definition) is 7. The summed E-state index contributed by atoms with van der Waals surface area (Å²) in [5, 5.41) is 6.21. The summed E-state index contributed by atoms with van der Waals surface area (Å²) in [5.41, 5.74) is 1.48. The Kier molecular flexibility index (Phi) is 7.36. The molecule has 2 aromatic rings. The number of thiophene rings is 1. The highest BCUT2D eigenvalue weighted by molar-refractivity contribution is 7.16. The van der Waals surface area contributed by atoms with Gasteiger partial charge in [0.05, 0.1) is 31.4 Å². The molecule has 0 spiro atoms. The monoisotopic (exact) mass is 390 g/mol. The van der Waals surface area contributed by atoms with Crippen LogP contribution in [0.2, 0.25) is 0 Å². The second-order valence-corrected chi connectivity index (χ2v) is 6.64. The molecule has 2 N–H and O–H groups in total. The van der Waals surface area contributed by atoms with Gasteiger partial charge < -0.3 is 20.1 Å². The van der Waals surface area contributed by atoms with Crippen LogP contribution in [0.3, 0.4) is 0 Å². The largest absolute Gasteiger partial charge is 0.465 e. The van der Waals surface area contributed by atoms with Crippen molar-refractivity contribution in [1.29, 1.82) is 0 Å². The zero-order chi connectivity index (χ0) is 19.8. The zero-order valence-corrected chi connectivity index (χ0v) is 16.3. The summed E-state index contributed by atoms with van der Waals surface area (Å²) in [6, 6.07) is 8.33. The van der Waals surface area contributed by atoms with E-state index in [4.69, 9.17) is 4.74 Å². The number of esters is 2. The number of aryl methyl sites for hydroxylation is 1. The minimum atomic E-state index is -0.449. The van der Waals surface area contributed by atoms with Crippen LogP contribution >= 0.6 is 11.3 Å². The van der Waals surface area contributed by atoms with Crippen molar-refractivity contribution in [3.05, 3.63) is 46.3 Å². The molecule has 1 heterocycles. The van der Waals surface area contributed by atoms with Crippen LogP contribution in [-0.2, 0) is 20.7 Å². The first-order chi connectivity index (χ1) is 13.0. The fraction of sp³-hybridized carbons (Fsp3) is 0.316. The number of anilines is 2. The number of amides is 1. The Hall–Kier alpha value is -2.87. The van der Waals surface area contributed by atoms with E-state index in [1.807, 2.05) is 6.92 Å². The van der Waals surface area contributed by atoms with E-state index in [1.165, 1.54) is 18.4 Å². The van der Waals surface area contributed by atoms with E-state index in [0.717, 1.165) is 11.3 Å². The number of nitrogens with one attached hydrogen (secondary N) is 2. The molecule has 0 atom stereocenters. The summed E-state index contributed by atoms with van der Waals surface area (Å²) < 4.78 is 9.68. The van der Waals surface area contributed by atoms with Gasteiger partial charge in [-0.05, 0) is 43.7 Å². The van der Waals surface area contributed by atoms with Gasteiger partial charge in [-0.15, -0.1) is 11.3 Å². The molecule has 1 aromatic heterocycles. The molecular weight excluding hydrogens is 368 g/mol. The zero-order valence-electron chi connectivity index (χ0n) is 15.5. The number of hydrogen-bond donors (Lipinski definition) is 2. The number of carbonyl (C=O) groups excluding carboxylic acids is 3. The summed E-state index contributed by atoms with van der Waals surface area (Å²) in [7, 11) is 1.32. The maximum atomic E-state index is 12.2. The van der Waals surface area contributed by atoms with Gasteiger partial charge in [0, 0.05) is 10.6 Å². The van der Waals surface area contributed by atoms with Crippen molar-refractivity contribution in [1.82, 2.24) is 0 Å². The molecule has 0 saturated heterocycles. The summed E-state index contributed by atoms with van der Waals surface area (Å²) >= 11 is 1.36. The highest BCUT2D eigenvalue weighted by Crippen LogP contribution is 2.29. The van der Waals surface area contributed by atoms with E-state index in [9.17, 15) is 14.4 Å². The normalized spacial score (nSPS) is 10.2. The van der Waals surface area contributed by atoms with Crippen LogP contribution in [0.4, 0.5) is 10.7 Å². The van der Waals surface area contributed by atoms with Gasteiger partial charge in [0.2, 0.25) is 5.91 Å². The number of ether oxygens (including phenoxy) is 2. The molecule has 0 aliphatic rings. The van der Waals surface area contributed by atoms with Gasteiger partial charge in [0.25, 0.3) is 0 Å². The first-order valence-corrected chi connectivity index (χ1v) is 9.32. The summed E-state index contributed by atoms with van der Waals surface area (Å²) in [6.07, 6.45) is 0.762. The van der Waals surface area contributed by atoms with E-state index in [-0.39, 0.29) is 19.1 Å². The van der Waals surface area contributed by atoms with Crippen molar-refractivity contribution >= 4 is 39.9 Å². The summed E-state index contributed by atoms with van der Waals surface area (Å²) in [6.45, 7) is 4.00. The van der Waals surface area contributed by atoms with Crippen LogP contribution < -0.4 is 10.6 Å². The molecule has 144 valence electrons. The number of carbonyl (C=O) groups is 3. The first kappa shape index (κ1) is 20.4. The Balaban J connectivity index is 1.98. The van der Waals surface area contributed by atoms with E-state index >= 15 is 0 Å². The average Bonchev–Trinajstić information content (AvgIpc) is 3.09. The molecule has 0 aliphatic heterocycles. The number of rotatable bonds is 8. The Labute approximate surface area is 161 Å². The molecule has 2 rings (SSSR count).